The van der Waals surface area contributed by atoms with E-state index >= 15 is 0 Å². The molecule has 0 spiro atoms. The van der Waals surface area contributed by atoms with Crippen molar-refractivity contribution in [2.24, 2.45) is 0 Å². The third-order valence-corrected chi connectivity index (χ3v) is 5.60. The number of likely N-dealkylation sites (N-methyl/N-ethyl adjacent to an activating group) is 1. The lowest BCUT2D eigenvalue weighted by atomic mass is 10.3. The van der Waals surface area contributed by atoms with Crippen LogP contribution in [-0.2, 0) is 20.0 Å². The molecule has 0 amide bonds. The van der Waals surface area contributed by atoms with Crippen LogP contribution in [0.5, 0.6) is 5.75 Å². The fourth-order valence-electron chi connectivity index (χ4n) is 1.58. The van der Waals surface area contributed by atoms with Gasteiger partial charge in [-0.25, -0.2) is 21.6 Å². The zero-order chi connectivity index (χ0) is 16.8. The summed E-state index contributed by atoms with van der Waals surface area (Å²) in [7, 11) is -4.35. The molecule has 22 heavy (non-hydrogen) atoms. The van der Waals surface area contributed by atoms with Crippen LogP contribution in [0.4, 0.5) is 5.69 Å². The minimum Gasteiger partial charge on any atom is -0.497 e. The first kappa shape index (κ1) is 18.7. The Labute approximate surface area is 131 Å². The Bertz CT molecular complexity index is 701. The molecular weight excluding hydrogens is 330 g/mol. The summed E-state index contributed by atoms with van der Waals surface area (Å²) in [6.07, 6.45) is 0. The van der Waals surface area contributed by atoms with Crippen molar-refractivity contribution < 1.29 is 21.6 Å². The maximum atomic E-state index is 12.3. The Hall–Kier alpha value is -1.36. The summed E-state index contributed by atoms with van der Waals surface area (Å²) in [5.41, 5.74) is -0.0434. The first-order valence-electron chi connectivity index (χ1n) is 6.58. The van der Waals surface area contributed by atoms with E-state index in [1.54, 1.807) is 7.05 Å². The van der Waals surface area contributed by atoms with E-state index < -0.39 is 20.0 Å². The van der Waals surface area contributed by atoms with Crippen molar-refractivity contribution in [1.29, 1.82) is 0 Å². The molecule has 0 saturated heterocycles. The van der Waals surface area contributed by atoms with Crippen LogP contribution in [0.3, 0.4) is 0 Å². The van der Waals surface area contributed by atoms with Gasteiger partial charge in [0.2, 0.25) is 20.0 Å². The highest BCUT2D eigenvalue weighted by Gasteiger charge is 2.21. The summed E-state index contributed by atoms with van der Waals surface area (Å²) in [6.45, 7) is 2.10. The van der Waals surface area contributed by atoms with Crippen LogP contribution in [0.1, 0.15) is 6.92 Å². The molecule has 0 unspecified atom stereocenters. The van der Waals surface area contributed by atoms with Crippen LogP contribution < -0.4 is 19.5 Å². The number of anilines is 1. The molecule has 1 aromatic carbocycles. The molecule has 0 aliphatic heterocycles. The van der Waals surface area contributed by atoms with Gasteiger partial charge in [0.1, 0.15) is 10.6 Å². The Kier molecular flexibility index (Phi) is 6.60. The predicted octanol–water partition coefficient (Wildman–Crippen LogP) is -0.0455. The van der Waals surface area contributed by atoms with Crippen LogP contribution in [-0.4, -0.2) is 49.8 Å². The lowest BCUT2D eigenvalue weighted by Gasteiger charge is -2.14. The average Bonchev–Trinajstić information content (AvgIpc) is 2.46. The van der Waals surface area contributed by atoms with Gasteiger partial charge in [-0.2, -0.15) is 0 Å². The van der Waals surface area contributed by atoms with Crippen molar-refractivity contribution >= 4 is 25.7 Å². The van der Waals surface area contributed by atoms with Crippen LogP contribution in [0.15, 0.2) is 23.1 Å². The fourth-order valence-corrected chi connectivity index (χ4v) is 3.46. The largest absolute Gasteiger partial charge is 0.497 e. The Morgan fingerprint density at radius 3 is 2.36 bits per heavy atom. The second-order valence-corrected chi connectivity index (χ2v) is 8.12. The minimum atomic E-state index is -3.84. The number of rotatable bonds is 9. The molecule has 0 saturated carbocycles. The second-order valence-electron chi connectivity index (χ2n) is 4.37. The van der Waals surface area contributed by atoms with Gasteiger partial charge in [-0.05, 0) is 26.1 Å². The predicted molar refractivity (Wildman–Crippen MR) is 85.2 cm³/mol. The zero-order valence-corrected chi connectivity index (χ0v) is 14.3. The maximum Gasteiger partial charge on any atom is 0.242 e. The molecular formula is C12H21N3O5S2. The number of hydrogen-bond donors (Lipinski definition) is 3. The summed E-state index contributed by atoms with van der Waals surface area (Å²) in [6, 6.07) is 4.09. The van der Waals surface area contributed by atoms with E-state index in [0.29, 0.717) is 12.3 Å². The highest BCUT2D eigenvalue weighted by molar-refractivity contribution is 7.93. The van der Waals surface area contributed by atoms with E-state index in [-0.39, 0.29) is 22.9 Å². The van der Waals surface area contributed by atoms with Crippen molar-refractivity contribution in [2.45, 2.75) is 11.8 Å². The maximum absolute atomic E-state index is 12.3. The molecule has 126 valence electrons. The highest BCUT2D eigenvalue weighted by Crippen LogP contribution is 2.27. The van der Waals surface area contributed by atoms with Crippen LogP contribution in [0, 0.1) is 0 Å². The molecule has 0 radical (unpaired) electrons. The van der Waals surface area contributed by atoms with E-state index in [9.17, 15) is 16.8 Å². The number of benzene rings is 1. The Morgan fingerprint density at radius 1 is 1.14 bits per heavy atom. The van der Waals surface area contributed by atoms with Gasteiger partial charge in [0.25, 0.3) is 0 Å². The standard InChI is InChI=1S/C12H21N3O5S2/c1-4-21(16,17)15-11-9-10(20-3)5-6-12(11)22(18,19)14-8-7-13-2/h5-6,9,13-15H,4,7-8H2,1-3H3. The average molecular weight is 351 g/mol. The molecule has 3 N–H and O–H groups in total. The smallest absolute Gasteiger partial charge is 0.242 e. The molecule has 0 bridgehead atoms. The first-order valence-corrected chi connectivity index (χ1v) is 9.72. The summed E-state index contributed by atoms with van der Waals surface area (Å²) >= 11 is 0. The zero-order valence-electron chi connectivity index (χ0n) is 12.7. The molecule has 10 heteroatoms. The molecule has 8 nitrogen and oxygen atoms in total. The van der Waals surface area contributed by atoms with Crippen molar-refractivity contribution in [3.63, 3.8) is 0 Å². The molecule has 0 aromatic heterocycles. The van der Waals surface area contributed by atoms with Crippen molar-refractivity contribution in [2.75, 3.05) is 37.7 Å². The number of sulfonamides is 2. The van der Waals surface area contributed by atoms with Crippen molar-refractivity contribution in [3.05, 3.63) is 18.2 Å². The summed E-state index contributed by atoms with van der Waals surface area (Å²) in [4.78, 5) is -0.151. The lowest BCUT2D eigenvalue weighted by Crippen LogP contribution is -2.31. The van der Waals surface area contributed by atoms with Crippen molar-refractivity contribution in [1.82, 2.24) is 10.0 Å². The molecule has 1 aromatic rings. The second kappa shape index (κ2) is 7.77. The SMILES string of the molecule is CCS(=O)(=O)Nc1cc(OC)ccc1S(=O)(=O)NCCNC. The summed E-state index contributed by atoms with van der Waals surface area (Å²) in [5.74, 6) is 0.180. The molecule has 1 rings (SSSR count). The van der Waals surface area contributed by atoms with E-state index in [0.717, 1.165) is 0 Å². The molecule has 0 aliphatic carbocycles. The molecule has 0 atom stereocenters. The Morgan fingerprint density at radius 2 is 1.82 bits per heavy atom. The van der Waals surface area contributed by atoms with Crippen LogP contribution in [0.25, 0.3) is 0 Å². The third-order valence-electron chi connectivity index (χ3n) is 2.79. The van der Waals surface area contributed by atoms with Crippen LogP contribution >= 0.6 is 0 Å². The van der Waals surface area contributed by atoms with E-state index in [4.69, 9.17) is 4.74 Å². The van der Waals surface area contributed by atoms with Gasteiger partial charge < -0.3 is 10.1 Å². The highest BCUT2D eigenvalue weighted by atomic mass is 32.2. The minimum absolute atomic E-state index is 0.0434. The van der Waals surface area contributed by atoms with E-state index in [1.165, 1.54) is 32.2 Å². The quantitative estimate of drug-likeness (QED) is 0.538. The van der Waals surface area contributed by atoms with Gasteiger partial charge in [-0.1, -0.05) is 0 Å². The van der Waals surface area contributed by atoms with Gasteiger partial charge >= 0.3 is 0 Å². The Balaban J connectivity index is 3.23. The van der Waals surface area contributed by atoms with E-state index in [1.807, 2.05) is 0 Å². The van der Waals surface area contributed by atoms with Gasteiger partial charge in [0.15, 0.2) is 0 Å². The van der Waals surface area contributed by atoms with Crippen molar-refractivity contribution in [3.8, 4) is 5.75 Å². The number of methoxy groups -OCH3 is 1. The molecule has 0 fully saturated rings. The normalized spacial score (nSPS) is 12.1. The monoisotopic (exact) mass is 351 g/mol. The topological polar surface area (TPSA) is 114 Å². The number of hydrogen-bond acceptors (Lipinski definition) is 6. The summed E-state index contributed by atoms with van der Waals surface area (Å²) in [5, 5.41) is 2.81. The molecule has 0 aliphatic rings. The number of nitrogens with one attached hydrogen (secondary N) is 3. The summed E-state index contributed by atoms with van der Waals surface area (Å²) < 4.78 is 57.7. The third kappa shape index (κ3) is 5.13. The van der Waals surface area contributed by atoms with Gasteiger partial charge in [-0.15, -0.1) is 0 Å². The van der Waals surface area contributed by atoms with Gasteiger partial charge in [0, 0.05) is 19.2 Å². The van der Waals surface area contributed by atoms with Crippen LogP contribution in [0.2, 0.25) is 0 Å². The molecule has 0 heterocycles. The van der Waals surface area contributed by atoms with Gasteiger partial charge in [0.05, 0.1) is 18.6 Å². The number of ether oxygens (including phenoxy) is 1. The fraction of sp³-hybridized carbons (Fsp3) is 0.500. The van der Waals surface area contributed by atoms with E-state index in [2.05, 4.69) is 14.8 Å². The van der Waals surface area contributed by atoms with Gasteiger partial charge in [-0.3, -0.25) is 4.72 Å². The lowest BCUT2D eigenvalue weighted by molar-refractivity contribution is 0.414. The first-order chi connectivity index (χ1) is 10.3.